The Morgan fingerprint density at radius 1 is 1.06 bits per heavy atom. The van der Waals surface area contributed by atoms with Gasteiger partial charge in [-0.1, -0.05) is 42.8 Å². The molecule has 1 atom stereocenters. The number of benzene rings is 1. The summed E-state index contributed by atoms with van der Waals surface area (Å²) in [5.41, 5.74) is 3.27. The zero-order valence-electron chi connectivity index (χ0n) is 9.71. The molecule has 0 bridgehead atoms. The molecule has 3 rings (SSSR count). The minimum atomic E-state index is 0.178. The molecule has 1 N–H and O–H groups in total. The van der Waals surface area contributed by atoms with Crippen LogP contribution < -0.4 is 5.32 Å². The fourth-order valence-corrected chi connectivity index (χ4v) is 3.24. The van der Waals surface area contributed by atoms with Crippen molar-refractivity contribution in [2.45, 2.75) is 37.6 Å². The summed E-state index contributed by atoms with van der Waals surface area (Å²) >= 11 is 0. The summed E-state index contributed by atoms with van der Waals surface area (Å²) in [7, 11) is 0. The van der Waals surface area contributed by atoms with Crippen LogP contribution in [0.1, 0.15) is 37.7 Å². The smallest absolute Gasteiger partial charge is 0.0650 e. The minimum Gasteiger partial charge on any atom is -0.304 e. The van der Waals surface area contributed by atoms with Crippen LogP contribution in [0.3, 0.4) is 0 Å². The number of rotatable bonds is 1. The molecule has 0 saturated heterocycles. The third-order valence-electron chi connectivity index (χ3n) is 4.02. The Hall–Kier alpha value is -1.08. The first-order chi connectivity index (χ1) is 7.92. The molecule has 0 amide bonds. The third kappa shape index (κ3) is 1.51. The summed E-state index contributed by atoms with van der Waals surface area (Å²) in [5.74, 6) is 0. The van der Waals surface area contributed by atoms with E-state index in [0.717, 1.165) is 6.54 Å². The van der Waals surface area contributed by atoms with Gasteiger partial charge in [0.25, 0.3) is 0 Å². The maximum Gasteiger partial charge on any atom is 0.0650 e. The first kappa shape index (κ1) is 10.1. The van der Waals surface area contributed by atoms with Crippen LogP contribution >= 0.6 is 0 Å². The molecule has 1 aliphatic heterocycles. The van der Waals surface area contributed by atoms with Crippen molar-refractivity contribution in [2.24, 2.45) is 0 Å². The lowest BCUT2D eigenvalue weighted by molar-refractivity contribution is 0.300. The van der Waals surface area contributed by atoms with Crippen LogP contribution in [-0.4, -0.2) is 6.54 Å². The van der Waals surface area contributed by atoms with Gasteiger partial charge in [-0.3, -0.25) is 0 Å². The Morgan fingerprint density at radius 2 is 1.94 bits per heavy atom. The maximum atomic E-state index is 3.78. The van der Waals surface area contributed by atoms with Crippen LogP contribution in [0.25, 0.3) is 0 Å². The van der Waals surface area contributed by atoms with Gasteiger partial charge in [0.05, 0.1) is 5.54 Å². The highest BCUT2D eigenvalue weighted by molar-refractivity contribution is 5.38. The van der Waals surface area contributed by atoms with Gasteiger partial charge in [0.2, 0.25) is 0 Å². The summed E-state index contributed by atoms with van der Waals surface area (Å²) in [6, 6.07) is 11.0. The second kappa shape index (κ2) is 4.06. The molecule has 1 nitrogen and oxygen atoms in total. The standard InChI is InChI=1S/C15H19N/c1-2-7-13(8-3-1)15-11-5-4-9-14(15)10-6-12-16-15/h1-3,7-8,10,16H,4-6,9,11-12H2/t15-/m1/s1. The SMILES string of the molecule is C1=C2CCCC[C@]2(c2ccccc2)NCC1. The van der Waals surface area contributed by atoms with Crippen LogP contribution in [-0.2, 0) is 5.54 Å². The van der Waals surface area contributed by atoms with Crippen molar-refractivity contribution < 1.29 is 0 Å². The van der Waals surface area contributed by atoms with E-state index in [0.29, 0.717) is 0 Å². The van der Waals surface area contributed by atoms with E-state index in [-0.39, 0.29) is 5.54 Å². The van der Waals surface area contributed by atoms with Gasteiger partial charge in [-0.15, -0.1) is 0 Å². The molecule has 1 fully saturated rings. The van der Waals surface area contributed by atoms with Crippen molar-refractivity contribution in [1.29, 1.82) is 0 Å². The molecule has 0 unspecified atom stereocenters. The monoisotopic (exact) mass is 213 g/mol. The molecule has 1 aromatic carbocycles. The summed E-state index contributed by atoms with van der Waals surface area (Å²) < 4.78 is 0. The lowest BCUT2D eigenvalue weighted by Gasteiger charge is -2.43. The van der Waals surface area contributed by atoms with Gasteiger partial charge in [0.1, 0.15) is 0 Å². The Labute approximate surface area is 97.6 Å². The third-order valence-corrected chi connectivity index (χ3v) is 4.02. The number of hydrogen-bond acceptors (Lipinski definition) is 1. The number of hydrogen-bond donors (Lipinski definition) is 1. The zero-order chi connectivity index (χ0) is 10.8. The van der Waals surface area contributed by atoms with Gasteiger partial charge in [-0.05, 0) is 43.4 Å². The van der Waals surface area contributed by atoms with Gasteiger partial charge >= 0.3 is 0 Å². The molecule has 1 aliphatic carbocycles. The molecule has 84 valence electrons. The first-order valence-electron chi connectivity index (χ1n) is 6.42. The maximum absolute atomic E-state index is 3.78. The Balaban J connectivity index is 2.06. The van der Waals surface area contributed by atoms with Crippen molar-refractivity contribution >= 4 is 0 Å². The van der Waals surface area contributed by atoms with E-state index in [9.17, 15) is 0 Å². The molecular formula is C15H19N. The van der Waals surface area contributed by atoms with E-state index in [1.807, 2.05) is 0 Å². The highest BCUT2D eigenvalue weighted by Crippen LogP contribution is 2.42. The average molecular weight is 213 g/mol. The van der Waals surface area contributed by atoms with Crippen LogP contribution in [0, 0.1) is 0 Å². The van der Waals surface area contributed by atoms with Gasteiger partial charge in [-0.2, -0.15) is 0 Å². The van der Waals surface area contributed by atoms with Crippen molar-refractivity contribution in [3.05, 3.63) is 47.5 Å². The zero-order valence-corrected chi connectivity index (χ0v) is 9.71. The van der Waals surface area contributed by atoms with E-state index >= 15 is 0 Å². The predicted octanol–water partition coefficient (Wildman–Crippen LogP) is 3.38. The van der Waals surface area contributed by atoms with Crippen LogP contribution in [0.4, 0.5) is 0 Å². The predicted molar refractivity (Wildman–Crippen MR) is 67.3 cm³/mol. The highest BCUT2D eigenvalue weighted by Gasteiger charge is 2.38. The van der Waals surface area contributed by atoms with Crippen LogP contribution in [0.5, 0.6) is 0 Å². The average Bonchev–Trinajstić information content (AvgIpc) is 2.40. The van der Waals surface area contributed by atoms with E-state index < -0.39 is 0 Å². The Kier molecular flexibility index (Phi) is 2.56. The van der Waals surface area contributed by atoms with Gasteiger partial charge in [0, 0.05) is 0 Å². The highest BCUT2D eigenvalue weighted by atomic mass is 15.0. The quantitative estimate of drug-likeness (QED) is 0.705. The summed E-state index contributed by atoms with van der Waals surface area (Å²) in [6.07, 6.45) is 8.93. The fourth-order valence-electron chi connectivity index (χ4n) is 3.24. The van der Waals surface area contributed by atoms with E-state index in [2.05, 4.69) is 41.7 Å². The second-order valence-corrected chi connectivity index (χ2v) is 4.92. The van der Waals surface area contributed by atoms with E-state index in [1.54, 1.807) is 5.57 Å². The Bertz CT molecular complexity index is 393. The second-order valence-electron chi connectivity index (χ2n) is 4.92. The molecule has 0 aromatic heterocycles. The van der Waals surface area contributed by atoms with E-state index in [1.165, 1.54) is 37.7 Å². The van der Waals surface area contributed by atoms with Gasteiger partial charge in [0.15, 0.2) is 0 Å². The Morgan fingerprint density at radius 3 is 2.81 bits per heavy atom. The lowest BCUT2D eigenvalue weighted by Crippen LogP contribution is -2.48. The minimum absolute atomic E-state index is 0.178. The van der Waals surface area contributed by atoms with Crippen molar-refractivity contribution in [3.8, 4) is 0 Å². The first-order valence-corrected chi connectivity index (χ1v) is 6.42. The molecule has 16 heavy (non-hydrogen) atoms. The van der Waals surface area contributed by atoms with E-state index in [4.69, 9.17) is 0 Å². The normalized spacial score (nSPS) is 29.4. The van der Waals surface area contributed by atoms with Crippen molar-refractivity contribution in [1.82, 2.24) is 5.32 Å². The van der Waals surface area contributed by atoms with Crippen LogP contribution in [0.2, 0.25) is 0 Å². The molecule has 0 spiro atoms. The summed E-state index contributed by atoms with van der Waals surface area (Å²) in [4.78, 5) is 0. The molecule has 1 saturated carbocycles. The lowest BCUT2D eigenvalue weighted by atomic mass is 9.71. The number of nitrogens with one attached hydrogen (secondary N) is 1. The van der Waals surface area contributed by atoms with Crippen molar-refractivity contribution in [2.75, 3.05) is 6.54 Å². The van der Waals surface area contributed by atoms with Gasteiger partial charge < -0.3 is 5.32 Å². The fraction of sp³-hybridized carbons (Fsp3) is 0.467. The summed E-state index contributed by atoms with van der Waals surface area (Å²) in [6.45, 7) is 1.12. The van der Waals surface area contributed by atoms with Gasteiger partial charge in [-0.25, -0.2) is 0 Å². The van der Waals surface area contributed by atoms with Crippen LogP contribution in [0.15, 0.2) is 42.0 Å². The largest absolute Gasteiger partial charge is 0.304 e. The molecular weight excluding hydrogens is 194 g/mol. The number of fused-ring (bicyclic) bond motifs is 1. The topological polar surface area (TPSA) is 12.0 Å². The molecule has 1 heteroatoms. The molecule has 1 aromatic rings. The summed E-state index contributed by atoms with van der Waals surface area (Å²) in [5, 5.41) is 3.78. The molecule has 1 heterocycles. The molecule has 0 radical (unpaired) electrons. The van der Waals surface area contributed by atoms with Crippen molar-refractivity contribution in [3.63, 3.8) is 0 Å². The molecule has 2 aliphatic rings.